The van der Waals surface area contributed by atoms with Gasteiger partial charge in [-0.3, -0.25) is 9.69 Å². The van der Waals surface area contributed by atoms with Gasteiger partial charge in [-0.05, 0) is 48.4 Å². The van der Waals surface area contributed by atoms with Crippen molar-refractivity contribution in [3.05, 3.63) is 69.9 Å². The van der Waals surface area contributed by atoms with Gasteiger partial charge in [0, 0.05) is 42.8 Å². The maximum atomic E-state index is 12.9. The van der Waals surface area contributed by atoms with Crippen molar-refractivity contribution in [2.75, 3.05) is 32.7 Å². The quantitative estimate of drug-likeness (QED) is 0.796. The van der Waals surface area contributed by atoms with Crippen LogP contribution in [0.1, 0.15) is 15.9 Å². The van der Waals surface area contributed by atoms with Gasteiger partial charge in [0.2, 0.25) is 0 Å². The lowest BCUT2D eigenvalue weighted by Crippen LogP contribution is -2.49. The maximum Gasteiger partial charge on any atom is 0.253 e. The third kappa shape index (κ3) is 4.42. The fourth-order valence-electron chi connectivity index (χ4n) is 2.89. The van der Waals surface area contributed by atoms with Crippen LogP contribution in [0.4, 0.5) is 4.39 Å². The van der Waals surface area contributed by atoms with Crippen LogP contribution in [0.3, 0.4) is 0 Å². The van der Waals surface area contributed by atoms with Crippen molar-refractivity contribution in [3.63, 3.8) is 0 Å². The van der Waals surface area contributed by atoms with E-state index in [2.05, 4.69) is 20.8 Å². The number of hydrogen-bond acceptors (Lipinski definition) is 2. The van der Waals surface area contributed by atoms with Crippen LogP contribution in [0.25, 0.3) is 0 Å². The van der Waals surface area contributed by atoms with Crippen molar-refractivity contribution in [3.8, 4) is 0 Å². The first-order valence-electron chi connectivity index (χ1n) is 8.13. The van der Waals surface area contributed by atoms with Crippen LogP contribution in [0, 0.1) is 5.82 Å². The van der Waals surface area contributed by atoms with Crippen molar-refractivity contribution in [2.24, 2.45) is 0 Å². The Morgan fingerprint density at radius 1 is 0.958 bits per heavy atom. The molecule has 126 valence electrons. The third-order valence-corrected chi connectivity index (χ3v) is 4.91. The lowest BCUT2D eigenvalue weighted by Gasteiger charge is -2.34. The molecule has 0 bridgehead atoms. The maximum absolute atomic E-state index is 12.9. The molecule has 0 spiro atoms. The van der Waals surface area contributed by atoms with Gasteiger partial charge in [-0.25, -0.2) is 4.39 Å². The van der Waals surface area contributed by atoms with Gasteiger partial charge in [0.05, 0.1) is 0 Å². The fourth-order valence-corrected chi connectivity index (χ4v) is 3.15. The number of halogens is 2. The smallest absolute Gasteiger partial charge is 0.253 e. The lowest BCUT2D eigenvalue weighted by molar-refractivity contribution is 0.0638. The zero-order valence-corrected chi connectivity index (χ0v) is 15.0. The Kier molecular flexibility index (Phi) is 5.63. The number of rotatable bonds is 4. The summed E-state index contributed by atoms with van der Waals surface area (Å²) in [5.41, 5.74) is 1.88. The molecule has 0 saturated carbocycles. The number of nitrogens with zero attached hydrogens (tertiary/aromatic N) is 2. The summed E-state index contributed by atoms with van der Waals surface area (Å²) < 4.78 is 13.9. The van der Waals surface area contributed by atoms with Crippen LogP contribution >= 0.6 is 15.9 Å². The largest absolute Gasteiger partial charge is 0.336 e. The van der Waals surface area contributed by atoms with Crippen LogP contribution < -0.4 is 0 Å². The van der Waals surface area contributed by atoms with Crippen molar-refractivity contribution >= 4 is 21.8 Å². The zero-order chi connectivity index (χ0) is 16.9. The number of amides is 1. The summed E-state index contributed by atoms with van der Waals surface area (Å²) >= 11 is 3.39. The molecule has 1 heterocycles. The number of benzene rings is 2. The molecule has 1 aliphatic heterocycles. The minimum absolute atomic E-state index is 0.0979. The van der Waals surface area contributed by atoms with Gasteiger partial charge >= 0.3 is 0 Å². The minimum atomic E-state index is -0.196. The second-order valence-corrected chi connectivity index (χ2v) is 6.93. The van der Waals surface area contributed by atoms with Gasteiger partial charge in [0.25, 0.3) is 5.91 Å². The van der Waals surface area contributed by atoms with Gasteiger partial charge in [-0.2, -0.15) is 0 Å². The van der Waals surface area contributed by atoms with Crippen molar-refractivity contribution in [2.45, 2.75) is 6.42 Å². The molecule has 0 aromatic heterocycles. The number of carbonyl (C=O) groups is 1. The Balaban J connectivity index is 1.47. The molecule has 0 unspecified atom stereocenters. The summed E-state index contributed by atoms with van der Waals surface area (Å²) in [6.07, 6.45) is 0.904. The molecule has 5 heteroatoms. The Hall–Kier alpha value is -1.72. The Labute approximate surface area is 150 Å². The number of hydrogen-bond donors (Lipinski definition) is 0. The molecule has 1 saturated heterocycles. The first-order chi connectivity index (χ1) is 11.6. The first-order valence-corrected chi connectivity index (χ1v) is 8.93. The average molecular weight is 391 g/mol. The van der Waals surface area contributed by atoms with Crippen LogP contribution in [-0.4, -0.2) is 48.4 Å². The number of piperazine rings is 1. The van der Waals surface area contributed by atoms with E-state index in [0.717, 1.165) is 54.7 Å². The summed E-state index contributed by atoms with van der Waals surface area (Å²) in [5.74, 6) is -0.0977. The highest BCUT2D eigenvalue weighted by Crippen LogP contribution is 2.14. The SMILES string of the molecule is O=C(c1ccc(Br)cc1)N1CCN(CCc2ccc(F)cc2)CC1. The Morgan fingerprint density at radius 2 is 1.58 bits per heavy atom. The van der Waals surface area contributed by atoms with E-state index < -0.39 is 0 Å². The van der Waals surface area contributed by atoms with E-state index in [1.165, 1.54) is 12.1 Å². The van der Waals surface area contributed by atoms with Gasteiger partial charge in [-0.15, -0.1) is 0 Å². The molecule has 3 nitrogen and oxygen atoms in total. The molecule has 0 N–H and O–H groups in total. The highest BCUT2D eigenvalue weighted by Gasteiger charge is 2.21. The van der Waals surface area contributed by atoms with E-state index >= 15 is 0 Å². The second kappa shape index (κ2) is 7.90. The predicted molar refractivity (Wildman–Crippen MR) is 96.6 cm³/mol. The van der Waals surface area contributed by atoms with E-state index in [1.807, 2.05) is 41.3 Å². The average Bonchev–Trinajstić information content (AvgIpc) is 2.62. The molecule has 24 heavy (non-hydrogen) atoms. The molecule has 0 aliphatic carbocycles. The molecule has 1 fully saturated rings. The highest BCUT2D eigenvalue weighted by atomic mass is 79.9. The molecule has 0 atom stereocenters. The van der Waals surface area contributed by atoms with Crippen LogP contribution in [0.15, 0.2) is 53.0 Å². The fraction of sp³-hybridized carbons (Fsp3) is 0.316. The molecular weight excluding hydrogens is 371 g/mol. The normalized spacial score (nSPS) is 15.5. The van der Waals surface area contributed by atoms with E-state index in [0.29, 0.717) is 0 Å². The summed E-state index contributed by atoms with van der Waals surface area (Å²) in [4.78, 5) is 16.8. The lowest BCUT2D eigenvalue weighted by atomic mass is 10.1. The molecule has 2 aromatic carbocycles. The topological polar surface area (TPSA) is 23.6 Å². The molecular formula is C19H20BrFN2O. The molecule has 0 radical (unpaired) electrons. The first kappa shape index (κ1) is 17.1. The molecule has 1 amide bonds. The van der Waals surface area contributed by atoms with Crippen molar-refractivity contribution < 1.29 is 9.18 Å². The molecule has 3 rings (SSSR count). The van der Waals surface area contributed by atoms with E-state index in [-0.39, 0.29) is 11.7 Å². The van der Waals surface area contributed by atoms with Gasteiger partial charge < -0.3 is 4.90 Å². The second-order valence-electron chi connectivity index (χ2n) is 6.02. The third-order valence-electron chi connectivity index (χ3n) is 4.38. The van der Waals surface area contributed by atoms with Crippen LogP contribution in [0.2, 0.25) is 0 Å². The van der Waals surface area contributed by atoms with Gasteiger partial charge in [0.1, 0.15) is 5.82 Å². The van der Waals surface area contributed by atoms with Crippen LogP contribution in [0.5, 0.6) is 0 Å². The van der Waals surface area contributed by atoms with E-state index in [9.17, 15) is 9.18 Å². The Morgan fingerprint density at radius 3 is 2.21 bits per heavy atom. The monoisotopic (exact) mass is 390 g/mol. The summed E-state index contributed by atoms with van der Waals surface area (Å²) in [5, 5.41) is 0. The summed E-state index contributed by atoms with van der Waals surface area (Å²) in [6, 6.07) is 14.2. The van der Waals surface area contributed by atoms with Crippen LogP contribution in [-0.2, 0) is 6.42 Å². The highest BCUT2D eigenvalue weighted by molar-refractivity contribution is 9.10. The number of carbonyl (C=O) groups excluding carboxylic acids is 1. The molecule has 2 aromatic rings. The van der Waals surface area contributed by atoms with Gasteiger partial charge in [-0.1, -0.05) is 28.1 Å². The van der Waals surface area contributed by atoms with E-state index in [4.69, 9.17) is 0 Å². The van der Waals surface area contributed by atoms with E-state index in [1.54, 1.807) is 0 Å². The van der Waals surface area contributed by atoms with Crippen molar-refractivity contribution in [1.82, 2.24) is 9.80 Å². The zero-order valence-electron chi connectivity index (χ0n) is 13.4. The summed E-state index contributed by atoms with van der Waals surface area (Å²) in [7, 11) is 0. The predicted octanol–water partition coefficient (Wildman–Crippen LogP) is 3.59. The molecule has 1 aliphatic rings. The Bertz CT molecular complexity index is 680. The van der Waals surface area contributed by atoms with Gasteiger partial charge in [0.15, 0.2) is 0 Å². The van der Waals surface area contributed by atoms with Crippen molar-refractivity contribution in [1.29, 1.82) is 0 Å². The summed E-state index contributed by atoms with van der Waals surface area (Å²) in [6.45, 7) is 4.19. The standard InChI is InChI=1S/C19H20BrFN2O/c20-17-5-3-16(4-6-17)19(24)23-13-11-22(12-14-23)10-9-15-1-7-18(21)8-2-15/h1-8H,9-14H2. The minimum Gasteiger partial charge on any atom is -0.336 e.